The van der Waals surface area contributed by atoms with Gasteiger partial charge in [-0.25, -0.2) is 8.78 Å². The first-order chi connectivity index (χ1) is 22.5. The summed E-state index contributed by atoms with van der Waals surface area (Å²) in [4.78, 5) is 37.5. The second-order valence-corrected chi connectivity index (χ2v) is 13.3. The smallest absolute Gasteiger partial charge is 0.311 e. The number of hydrogen-bond acceptors (Lipinski definition) is 11. The number of carbonyl (C=O) groups excluding carboxylic acids is 3. The Balaban J connectivity index is 0.00000245. The molecule has 2 aromatic heterocycles. The van der Waals surface area contributed by atoms with E-state index in [1.807, 2.05) is 13.8 Å². The summed E-state index contributed by atoms with van der Waals surface area (Å²) in [6.45, 7) is 7.28. The van der Waals surface area contributed by atoms with Gasteiger partial charge < -0.3 is 28.4 Å². The lowest BCUT2D eigenvalue weighted by Gasteiger charge is -2.19. The SMILES string of the molecule is CC.COC(=O)C(C)(C)CC(=O)c1cc2c(F)c(OCCCOc3c(OC)cc4sc(C5CCC(=O)O5)cc4c3F)c(OC)cc2s1. The van der Waals surface area contributed by atoms with Crippen LogP contribution in [0.2, 0.25) is 0 Å². The number of fused-ring (bicyclic) bond motifs is 2. The highest BCUT2D eigenvalue weighted by Gasteiger charge is 2.33. The van der Waals surface area contributed by atoms with Crippen LogP contribution in [0.5, 0.6) is 23.0 Å². The zero-order chi connectivity index (χ0) is 34.5. The molecule has 1 fully saturated rings. The molecule has 9 nitrogen and oxygen atoms in total. The Labute approximate surface area is 279 Å². The minimum atomic E-state index is -1.04. The van der Waals surface area contributed by atoms with E-state index in [1.165, 1.54) is 38.7 Å². The molecule has 0 radical (unpaired) electrons. The van der Waals surface area contributed by atoms with Gasteiger partial charge in [-0.1, -0.05) is 13.8 Å². The van der Waals surface area contributed by atoms with E-state index in [9.17, 15) is 14.4 Å². The van der Waals surface area contributed by atoms with Gasteiger partial charge >= 0.3 is 11.9 Å². The molecular formula is C34H38F2O9S2. The van der Waals surface area contributed by atoms with Crippen LogP contribution in [-0.2, 0) is 19.1 Å². The number of methoxy groups -OCH3 is 3. The Kier molecular flexibility index (Phi) is 11.7. The van der Waals surface area contributed by atoms with E-state index >= 15 is 8.78 Å². The summed E-state index contributed by atoms with van der Waals surface area (Å²) in [5, 5.41) is 0.529. The number of Topliss-reactive ketones (excluding diaryl/α,β-unsaturated/α-hetero) is 1. The molecular weight excluding hydrogens is 654 g/mol. The highest BCUT2D eigenvalue weighted by molar-refractivity contribution is 7.21. The van der Waals surface area contributed by atoms with E-state index in [4.69, 9.17) is 28.4 Å². The van der Waals surface area contributed by atoms with Crippen molar-refractivity contribution in [2.24, 2.45) is 5.41 Å². The molecule has 5 rings (SSSR count). The van der Waals surface area contributed by atoms with Gasteiger partial charge in [0.05, 0.1) is 44.8 Å². The molecule has 0 aliphatic carbocycles. The number of benzene rings is 2. The second-order valence-electron chi connectivity index (χ2n) is 11.1. The molecule has 0 spiro atoms. The maximum Gasteiger partial charge on any atom is 0.311 e. The fourth-order valence-corrected chi connectivity index (χ4v) is 7.23. The molecule has 0 N–H and O–H groups in total. The van der Waals surface area contributed by atoms with E-state index < -0.39 is 29.1 Å². The molecule has 4 aromatic rings. The highest BCUT2D eigenvalue weighted by Crippen LogP contribution is 2.44. The van der Waals surface area contributed by atoms with E-state index in [1.54, 1.807) is 32.0 Å². The van der Waals surface area contributed by atoms with Gasteiger partial charge in [-0.2, -0.15) is 0 Å². The summed E-state index contributed by atoms with van der Waals surface area (Å²) in [5.74, 6) is -2.20. The number of cyclic esters (lactones) is 1. The predicted molar refractivity (Wildman–Crippen MR) is 176 cm³/mol. The lowest BCUT2D eigenvalue weighted by atomic mass is 9.87. The van der Waals surface area contributed by atoms with Crippen LogP contribution in [0.25, 0.3) is 20.2 Å². The van der Waals surface area contributed by atoms with E-state index in [2.05, 4.69) is 0 Å². The number of ketones is 1. The van der Waals surface area contributed by atoms with Crippen molar-refractivity contribution in [2.45, 2.75) is 59.5 Å². The van der Waals surface area contributed by atoms with E-state index in [0.29, 0.717) is 32.5 Å². The van der Waals surface area contributed by atoms with Crippen molar-refractivity contribution in [3.8, 4) is 23.0 Å². The first kappa shape index (κ1) is 35.9. The van der Waals surface area contributed by atoms with Crippen LogP contribution in [-0.4, -0.2) is 52.3 Å². The van der Waals surface area contributed by atoms with Crippen molar-refractivity contribution in [1.82, 2.24) is 0 Å². The Hall–Kier alpha value is -3.97. The summed E-state index contributed by atoms with van der Waals surface area (Å²) in [6, 6.07) is 6.38. The molecule has 1 atom stereocenters. The third-order valence-electron chi connectivity index (χ3n) is 7.42. The Morgan fingerprint density at radius 2 is 1.45 bits per heavy atom. The Morgan fingerprint density at radius 1 is 0.894 bits per heavy atom. The van der Waals surface area contributed by atoms with Gasteiger partial charge in [-0.3, -0.25) is 14.4 Å². The maximum atomic E-state index is 15.6. The number of ether oxygens (including phenoxy) is 6. The highest BCUT2D eigenvalue weighted by atomic mass is 32.1. The van der Waals surface area contributed by atoms with Crippen LogP contribution in [0.15, 0.2) is 24.3 Å². The van der Waals surface area contributed by atoms with Gasteiger partial charge in [0.1, 0.15) is 6.10 Å². The number of carbonyl (C=O) groups is 3. The van der Waals surface area contributed by atoms with Crippen molar-refractivity contribution < 1.29 is 51.6 Å². The van der Waals surface area contributed by atoms with E-state index in [0.717, 1.165) is 16.2 Å². The molecule has 1 aliphatic rings. The standard InChI is InChI=1S/C32H32F2O9S2.C2H6/c1-32(2,31(37)40-5)15-18(35)24-11-16-22(44-24)13-20(38-3)29(27(16)33)41-9-6-10-42-30-21(39-4)14-23-17(28(30)34)12-25(45-23)19-7-8-26(36)43-19;1-2/h11-14,19H,6-10,15H2,1-5H3;1-2H3. The predicted octanol–water partition coefficient (Wildman–Crippen LogP) is 8.44. The fourth-order valence-electron chi connectivity index (χ4n) is 5.06. The van der Waals surface area contributed by atoms with Crippen LogP contribution < -0.4 is 18.9 Å². The third-order valence-corrected chi connectivity index (χ3v) is 9.72. The quantitative estimate of drug-likeness (QED) is 0.0775. The number of thiophene rings is 2. The number of halogens is 2. The minimum Gasteiger partial charge on any atom is -0.493 e. The summed E-state index contributed by atoms with van der Waals surface area (Å²) in [7, 11) is 4.06. The lowest BCUT2D eigenvalue weighted by molar-refractivity contribution is -0.150. The topological polar surface area (TPSA) is 107 Å². The summed E-state index contributed by atoms with van der Waals surface area (Å²) in [6.07, 6.45) is 0.655. The molecule has 1 unspecified atom stereocenters. The Bertz CT molecular complexity index is 1780. The maximum absolute atomic E-state index is 15.6. The summed E-state index contributed by atoms with van der Waals surface area (Å²) in [5.41, 5.74) is -1.04. The number of rotatable bonds is 13. The molecule has 254 valence electrons. The van der Waals surface area contributed by atoms with Gasteiger partial charge in [0.15, 0.2) is 40.4 Å². The monoisotopic (exact) mass is 692 g/mol. The van der Waals surface area contributed by atoms with Crippen LogP contribution in [0, 0.1) is 17.0 Å². The molecule has 0 saturated carbocycles. The zero-order valence-electron chi connectivity index (χ0n) is 27.4. The lowest BCUT2D eigenvalue weighted by Crippen LogP contribution is -2.28. The van der Waals surface area contributed by atoms with Crippen molar-refractivity contribution in [3.05, 3.63) is 45.7 Å². The largest absolute Gasteiger partial charge is 0.493 e. The number of hydrogen-bond donors (Lipinski definition) is 0. The average molecular weight is 693 g/mol. The van der Waals surface area contributed by atoms with Crippen LogP contribution in [0.3, 0.4) is 0 Å². The van der Waals surface area contributed by atoms with Gasteiger partial charge in [-0.15, -0.1) is 22.7 Å². The molecule has 1 saturated heterocycles. The van der Waals surface area contributed by atoms with Gasteiger partial charge in [0.2, 0.25) is 0 Å². The average Bonchev–Trinajstić information content (AvgIpc) is 3.81. The molecule has 3 heterocycles. The minimum absolute atomic E-state index is 0.0177. The van der Waals surface area contributed by atoms with Crippen LogP contribution in [0.4, 0.5) is 8.78 Å². The summed E-state index contributed by atoms with van der Waals surface area (Å²) >= 11 is 2.43. The van der Waals surface area contributed by atoms with E-state index in [-0.39, 0.29) is 66.2 Å². The van der Waals surface area contributed by atoms with Crippen molar-refractivity contribution in [1.29, 1.82) is 0 Å². The van der Waals surface area contributed by atoms with Crippen molar-refractivity contribution in [3.63, 3.8) is 0 Å². The fraction of sp³-hybridized carbons (Fsp3) is 0.441. The first-order valence-electron chi connectivity index (χ1n) is 15.1. The Morgan fingerprint density at radius 3 is 1.96 bits per heavy atom. The van der Waals surface area contributed by atoms with Crippen molar-refractivity contribution >= 4 is 60.6 Å². The molecule has 2 aromatic carbocycles. The zero-order valence-corrected chi connectivity index (χ0v) is 29.0. The molecule has 0 amide bonds. The van der Waals surface area contributed by atoms with Crippen molar-refractivity contribution in [2.75, 3.05) is 34.5 Å². The second kappa shape index (κ2) is 15.3. The summed E-state index contributed by atoms with van der Waals surface area (Å²) < 4.78 is 64.6. The van der Waals surface area contributed by atoms with Crippen LogP contribution >= 0.6 is 22.7 Å². The normalized spacial score (nSPS) is 14.4. The van der Waals surface area contributed by atoms with Gasteiger partial charge in [-0.05, 0) is 32.4 Å². The first-order valence-corrected chi connectivity index (χ1v) is 16.8. The van der Waals surface area contributed by atoms with Crippen LogP contribution in [0.1, 0.15) is 74.0 Å². The van der Waals surface area contributed by atoms with Gasteiger partial charge in [0, 0.05) is 56.4 Å². The third kappa shape index (κ3) is 7.62. The number of esters is 2. The molecule has 47 heavy (non-hydrogen) atoms. The van der Waals surface area contributed by atoms with Gasteiger partial charge in [0.25, 0.3) is 0 Å². The molecule has 1 aliphatic heterocycles. The molecule has 0 bridgehead atoms. The molecule has 13 heteroatoms.